The summed E-state index contributed by atoms with van der Waals surface area (Å²) in [6, 6.07) is 1.17. The number of amides is 3. The molecule has 1 rings (SSSR count). The second-order valence-electron chi connectivity index (χ2n) is 4.48. The first kappa shape index (κ1) is 19.2. The molecule has 0 aliphatic heterocycles. The van der Waals surface area contributed by atoms with Gasteiger partial charge in [0.15, 0.2) is 6.61 Å². The third-order valence-corrected chi connectivity index (χ3v) is 3.24. The first-order valence-electron chi connectivity index (χ1n) is 6.74. The van der Waals surface area contributed by atoms with Crippen molar-refractivity contribution in [3.8, 4) is 0 Å². The van der Waals surface area contributed by atoms with E-state index in [4.69, 9.17) is 23.2 Å². The van der Waals surface area contributed by atoms with Gasteiger partial charge in [0.25, 0.3) is 5.91 Å². The predicted octanol–water partition coefficient (Wildman–Crippen LogP) is 2.92. The minimum absolute atomic E-state index is 0.112. The number of rotatable bonds is 6. The zero-order valence-electron chi connectivity index (χ0n) is 12.3. The van der Waals surface area contributed by atoms with Crippen molar-refractivity contribution < 1.29 is 23.5 Å². The number of hydrogen-bond donors (Lipinski definition) is 2. The van der Waals surface area contributed by atoms with Crippen molar-refractivity contribution in [3.05, 3.63) is 33.6 Å². The van der Waals surface area contributed by atoms with Gasteiger partial charge in [-0.15, -0.1) is 0 Å². The molecule has 2 N–H and O–H groups in total. The van der Waals surface area contributed by atoms with Crippen LogP contribution in [0.25, 0.3) is 0 Å². The molecule has 6 nitrogen and oxygen atoms in total. The lowest BCUT2D eigenvalue weighted by Gasteiger charge is -2.08. The van der Waals surface area contributed by atoms with Crippen LogP contribution in [0.1, 0.15) is 30.1 Å². The van der Waals surface area contributed by atoms with E-state index in [1.54, 1.807) is 0 Å². The highest BCUT2D eigenvalue weighted by atomic mass is 35.5. The summed E-state index contributed by atoms with van der Waals surface area (Å²) in [6.45, 7) is 1.67. The maximum absolute atomic E-state index is 13.3. The topological polar surface area (TPSA) is 84.5 Å². The molecule has 0 saturated heterocycles. The van der Waals surface area contributed by atoms with Gasteiger partial charge in [-0.25, -0.2) is 14.0 Å². The van der Waals surface area contributed by atoms with Crippen molar-refractivity contribution in [2.75, 3.05) is 13.2 Å². The lowest BCUT2D eigenvalue weighted by atomic mass is 10.2. The molecule has 0 radical (unpaired) electrons. The number of imide groups is 1. The number of halogens is 3. The molecule has 0 atom stereocenters. The van der Waals surface area contributed by atoms with Gasteiger partial charge >= 0.3 is 12.0 Å². The number of benzene rings is 1. The van der Waals surface area contributed by atoms with E-state index in [0.29, 0.717) is 6.54 Å². The van der Waals surface area contributed by atoms with Gasteiger partial charge in [0, 0.05) is 6.54 Å². The minimum Gasteiger partial charge on any atom is -0.452 e. The molecule has 126 valence electrons. The molecule has 0 bridgehead atoms. The first-order chi connectivity index (χ1) is 10.8. The fraction of sp³-hybridized carbons (Fsp3) is 0.357. The molecular formula is C14H15Cl2FN2O4. The Morgan fingerprint density at radius 2 is 1.91 bits per heavy atom. The van der Waals surface area contributed by atoms with Gasteiger partial charge in [-0.2, -0.15) is 0 Å². The molecule has 23 heavy (non-hydrogen) atoms. The lowest BCUT2D eigenvalue weighted by Crippen LogP contribution is -2.41. The summed E-state index contributed by atoms with van der Waals surface area (Å²) in [4.78, 5) is 34.5. The first-order valence-corrected chi connectivity index (χ1v) is 7.50. The second-order valence-corrected chi connectivity index (χ2v) is 5.29. The Morgan fingerprint density at radius 3 is 2.57 bits per heavy atom. The van der Waals surface area contributed by atoms with E-state index >= 15 is 0 Å². The van der Waals surface area contributed by atoms with Gasteiger partial charge in [0.2, 0.25) is 0 Å². The summed E-state index contributed by atoms with van der Waals surface area (Å²) in [5, 5.41) is 4.09. The van der Waals surface area contributed by atoms with Crippen LogP contribution in [0, 0.1) is 5.82 Å². The van der Waals surface area contributed by atoms with Gasteiger partial charge in [-0.1, -0.05) is 36.5 Å². The Morgan fingerprint density at radius 1 is 1.22 bits per heavy atom. The van der Waals surface area contributed by atoms with Crippen LogP contribution in [0.5, 0.6) is 0 Å². The van der Waals surface area contributed by atoms with Gasteiger partial charge in [0.05, 0.1) is 15.6 Å². The summed E-state index contributed by atoms with van der Waals surface area (Å²) in [5.41, 5.74) is -0.270. The Balaban J connectivity index is 2.48. The molecule has 0 spiro atoms. The Bertz CT molecular complexity index is 611. The summed E-state index contributed by atoms with van der Waals surface area (Å²) in [5.74, 6) is -2.67. The van der Waals surface area contributed by atoms with Crippen LogP contribution in [0.15, 0.2) is 12.1 Å². The summed E-state index contributed by atoms with van der Waals surface area (Å²) < 4.78 is 18.0. The van der Waals surface area contributed by atoms with E-state index in [-0.39, 0.29) is 15.6 Å². The fourth-order valence-electron chi connectivity index (χ4n) is 1.47. The molecule has 0 fully saturated rings. The van der Waals surface area contributed by atoms with Gasteiger partial charge < -0.3 is 10.1 Å². The van der Waals surface area contributed by atoms with Crippen LogP contribution in [0.2, 0.25) is 10.0 Å². The third kappa shape index (κ3) is 6.42. The molecular weight excluding hydrogens is 350 g/mol. The maximum Gasteiger partial charge on any atom is 0.340 e. The van der Waals surface area contributed by atoms with Crippen molar-refractivity contribution in [3.63, 3.8) is 0 Å². The highest BCUT2D eigenvalue weighted by Crippen LogP contribution is 2.24. The lowest BCUT2D eigenvalue weighted by molar-refractivity contribution is -0.123. The molecule has 9 heteroatoms. The Kier molecular flexibility index (Phi) is 7.77. The zero-order valence-corrected chi connectivity index (χ0v) is 13.8. The Hall–Kier alpha value is -1.86. The van der Waals surface area contributed by atoms with E-state index in [2.05, 4.69) is 10.1 Å². The number of ether oxygens (including phenoxy) is 1. The molecule has 0 aliphatic rings. The van der Waals surface area contributed by atoms with Crippen LogP contribution in [-0.2, 0) is 9.53 Å². The van der Waals surface area contributed by atoms with Crippen LogP contribution < -0.4 is 10.6 Å². The molecule has 0 unspecified atom stereocenters. The SMILES string of the molecule is CCCCNC(=O)NC(=O)COC(=O)c1cc(F)c(Cl)cc1Cl. The molecule has 1 aromatic rings. The van der Waals surface area contributed by atoms with Gasteiger partial charge in [0.1, 0.15) is 5.82 Å². The van der Waals surface area contributed by atoms with E-state index < -0.39 is 30.3 Å². The normalized spacial score (nSPS) is 10.1. The third-order valence-electron chi connectivity index (χ3n) is 2.63. The van der Waals surface area contributed by atoms with Gasteiger partial charge in [-0.05, 0) is 18.6 Å². The quantitative estimate of drug-likeness (QED) is 0.461. The van der Waals surface area contributed by atoms with Crippen molar-refractivity contribution in [1.29, 1.82) is 0 Å². The van der Waals surface area contributed by atoms with Crippen molar-refractivity contribution >= 4 is 41.1 Å². The zero-order chi connectivity index (χ0) is 17.4. The van der Waals surface area contributed by atoms with Gasteiger partial charge in [-0.3, -0.25) is 10.1 Å². The van der Waals surface area contributed by atoms with Crippen LogP contribution >= 0.6 is 23.2 Å². The van der Waals surface area contributed by atoms with E-state index in [9.17, 15) is 18.8 Å². The van der Waals surface area contributed by atoms with E-state index in [1.165, 1.54) is 0 Å². The average Bonchev–Trinajstić information content (AvgIpc) is 2.48. The number of esters is 1. The minimum atomic E-state index is -1.01. The fourth-order valence-corrected chi connectivity index (χ4v) is 1.93. The average molecular weight is 365 g/mol. The second kappa shape index (κ2) is 9.32. The van der Waals surface area contributed by atoms with E-state index in [1.807, 2.05) is 12.2 Å². The maximum atomic E-state index is 13.3. The predicted molar refractivity (Wildman–Crippen MR) is 83.2 cm³/mol. The molecule has 0 saturated carbocycles. The number of urea groups is 1. The molecule has 1 aromatic carbocycles. The Labute approximate surface area is 142 Å². The van der Waals surface area contributed by atoms with Crippen molar-refractivity contribution in [1.82, 2.24) is 10.6 Å². The van der Waals surface area contributed by atoms with Crippen LogP contribution in [-0.4, -0.2) is 31.1 Å². The standard InChI is InChI=1S/C14H15Cl2FN2O4/c1-2-3-4-18-14(22)19-12(20)7-23-13(21)8-5-11(17)10(16)6-9(8)15/h5-6H,2-4,7H2,1H3,(H2,18,19,20,22). The number of hydrogen-bond acceptors (Lipinski definition) is 4. The number of nitrogens with one attached hydrogen (secondary N) is 2. The van der Waals surface area contributed by atoms with E-state index in [0.717, 1.165) is 25.0 Å². The number of carbonyl (C=O) groups excluding carboxylic acids is 3. The van der Waals surface area contributed by atoms with Crippen molar-refractivity contribution in [2.24, 2.45) is 0 Å². The summed E-state index contributed by atoms with van der Waals surface area (Å²) in [7, 11) is 0. The highest BCUT2D eigenvalue weighted by Gasteiger charge is 2.17. The van der Waals surface area contributed by atoms with Crippen LogP contribution in [0.3, 0.4) is 0 Å². The molecule has 3 amide bonds. The van der Waals surface area contributed by atoms with Crippen molar-refractivity contribution in [2.45, 2.75) is 19.8 Å². The molecule has 0 heterocycles. The highest BCUT2D eigenvalue weighted by molar-refractivity contribution is 6.36. The van der Waals surface area contributed by atoms with Crippen LogP contribution in [0.4, 0.5) is 9.18 Å². The monoisotopic (exact) mass is 364 g/mol. The summed E-state index contributed by atoms with van der Waals surface area (Å²) >= 11 is 11.3. The largest absolute Gasteiger partial charge is 0.452 e. The number of unbranched alkanes of at least 4 members (excludes halogenated alkanes) is 1. The smallest absolute Gasteiger partial charge is 0.340 e. The number of carbonyl (C=O) groups is 3. The summed E-state index contributed by atoms with van der Waals surface area (Å²) in [6.07, 6.45) is 1.67. The molecule has 0 aromatic heterocycles. The molecule has 0 aliphatic carbocycles.